The Morgan fingerprint density at radius 2 is 2.33 bits per heavy atom. The van der Waals surface area contributed by atoms with Crippen LogP contribution in [-0.2, 0) is 0 Å². The van der Waals surface area contributed by atoms with Crippen LogP contribution >= 0.6 is 23.4 Å². The summed E-state index contributed by atoms with van der Waals surface area (Å²) in [6.45, 7) is 5.87. The van der Waals surface area contributed by atoms with E-state index in [0.29, 0.717) is 5.02 Å². The van der Waals surface area contributed by atoms with Gasteiger partial charge in [0, 0.05) is 23.0 Å². The van der Waals surface area contributed by atoms with Gasteiger partial charge in [0.15, 0.2) is 0 Å². The van der Waals surface area contributed by atoms with Crippen LogP contribution in [0.15, 0.2) is 36.9 Å². The summed E-state index contributed by atoms with van der Waals surface area (Å²) in [5.74, 6) is 0. The highest BCUT2D eigenvalue weighted by atomic mass is 35.5. The molecule has 0 aliphatic rings. The first-order valence-electron chi connectivity index (χ1n) is 5.91. The van der Waals surface area contributed by atoms with Crippen LogP contribution in [-0.4, -0.2) is 17.5 Å². The molecular weight excluding hydrogens is 266 g/mol. The molecule has 0 aliphatic heterocycles. The van der Waals surface area contributed by atoms with Crippen LogP contribution in [0.2, 0.25) is 5.02 Å². The van der Waals surface area contributed by atoms with Gasteiger partial charge in [-0.3, -0.25) is 4.79 Å². The van der Waals surface area contributed by atoms with Crippen LogP contribution in [0.4, 0.5) is 10.5 Å². The van der Waals surface area contributed by atoms with Gasteiger partial charge in [0.05, 0.1) is 0 Å². The molecule has 0 bridgehead atoms. The van der Waals surface area contributed by atoms with E-state index >= 15 is 0 Å². The molecule has 0 fully saturated rings. The van der Waals surface area contributed by atoms with Crippen LogP contribution in [0.1, 0.15) is 19.8 Å². The minimum Gasteiger partial charge on any atom is -0.306 e. The van der Waals surface area contributed by atoms with E-state index in [0.717, 1.165) is 18.5 Å². The zero-order chi connectivity index (χ0) is 13.5. The van der Waals surface area contributed by atoms with Gasteiger partial charge < -0.3 is 4.90 Å². The Balaban J connectivity index is 2.69. The van der Waals surface area contributed by atoms with Crippen molar-refractivity contribution in [3.05, 3.63) is 41.9 Å². The van der Waals surface area contributed by atoms with Crippen LogP contribution in [0.3, 0.4) is 0 Å². The molecule has 98 valence electrons. The molecule has 1 atom stereocenters. The molecule has 1 aromatic rings. The van der Waals surface area contributed by atoms with Crippen molar-refractivity contribution in [2.45, 2.75) is 25.0 Å². The normalized spacial score (nSPS) is 11.9. The highest BCUT2D eigenvalue weighted by Gasteiger charge is 2.16. The van der Waals surface area contributed by atoms with Gasteiger partial charge >= 0.3 is 0 Å². The number of nitrogens with zero attached hydrogens (tertiary/aromatic N) is 1. The van der Waals surface area contributed by atoms with E-state index in [-0.39, 0.29) is 10.5 Å². The van der Waals surface area contributed by atoms with Gasteiger partial charge in [0.25, 0.3) is 5.24 Å². The first-order chi connectivity index (χ1) is 8.58. The van der Waals surface area contributed by atoms with E-state index in [1.54, 1.807) is 24.1 Å². The van der Waals surface area contributed by atoms with E-state index in [2.05, 4.69) is 13.5 Å². The summed E-state index contributed by atoms with van der Waals surface area (Å²) in [6.07, 6.45) is 3.83. The Kier molecular flexibility index (Phi) is 6.30. The third kappa shape index (κ3) is 4.39. The average Bonchev–Trinajstić information content (AvgIpc) is 2.37. The SMILES string of the molecule is C=CC(CCC)SC(=O)N(C)c1cccc(Cl)c1. The number of carbonyl (C=O) groups excluding carboxylic acids is 1. The van der Waals surface area contributed by atoms with E-state index in [1.165, 1.54) is 11.8 Å². The molecule has 1 amide bonds. The molecule has 0 spiro atoms. The lowest BCUT2D eigenvalue weighted by Crippen LogP contribution is -2.23. The molecule has 0 aliphatic carbocycles. The zero-order valence-electron chi connectivity index (χ0n) is 10.7. The van der Waals surface area contributed by atoms with Crippen molar-refractivity contribution in [1.82, 2.24) is 0 Å². The fraction of sp³-hybridized carbons (Fsp3) is 0.357. The van der Waals surface area contributed by atoms with Crippen LogP contribution in [0.5, 0.6) is 0 Å². The molecule has 0 N–H and O–H groups in total. The fourth-order valence-corrected chi connectivity index (χ4v) is 2.66. The molecular formula is C14H18ClNOS. The van der Waals surface area contributed by atoms with Crippen molar-refractivity contribution >= 4 is 34.3 Å². The van der Waals surface area contributed by atoms with Crippen molar-refractivity contribution < 1.29 is 4.79 Å². The molecule has 0 heterocycles. The molecule has 18 heavy (non-hydrogen) atoms. The van der Waals surface area contributed by atoms with E-state index in [1.807, 2.05) is 18.2 Å². The Morgan fingerprint density at radius 1 is 1.61 bits per heavy atom. The van der Waals surface area contributed by atoms with Crippen LogP contribution in [0.25, 0.3) is 0 Å². The Bertz CT molecular complexity index is 422. The van der Waals surface area contributed by atoms with Crippen molar-refractivity contribution in [1.29, 1.82) is 0 Å². The fourth-order valence-electron chi connectivity index (χ4n) is 1.51. The third-order valence-corrected chi connectivity index (χ3v) is 4.00. The number of hydrogen-bond donors (Lipinski definition) is 0. The number of hydrogen-bond acceptors (Lipinski definition) is 2. The second-order valence-corrected chi connectivity index (χ2v) is 5.61. The van der Waals surface area contributed by atoms with Gasteiger partial charge in [-0.25, -0.2) is 0 Å². The van der Waals surface area contributed by atoms with Crippen molar-refractivity contribution in [3.8, 4) is 0 Å². The lowest BCUT2D eigenvalue weighted by molar-refractivity contribution is 0.266. The number of halogens is 1. The van der Waals surface area contributed by atoms with Gasteiger partial charge in [0.2, 0.25) is 0 Å². The molecule has 0 saturated heterocycles. The zero-order valence-corrected chi connectivity index (χ0v) is 12.3. The van der Waals surface area contributed by atoms with Gasteiger partial charge in [-0.05, 0) is 24.6 Å². The standard InChI is InChI=1S/C14H18ClNOS/c1-4-7-13(5-2)18-14(17)16(3)12-9-6-8-11(15)10-12/h5-6,8-10,13H,2,4,7H2,1,3H3. The maximum atomic E-state index is 12.1. The largest absolute Gasteiger partial charge is 0.306 e. The lowest BCUT2D eigenvalue weighted by atomic mass is 10.2. The number of rotatable bonds is 5. The summed E-state index contributed by atoms with van der Waals surface area (Å²) in [6, 6.07) is 7.28. The summed E-state index contributed by atoms with van der Waals surface area (Å²) >= 11 is 7.22. The molecule has 4 heteroatoms. The monoisotopic (exact) mass is 283 g/mol. The topological polar surface area (TPSA) is 20.3 Å². The summed E-state index contributed by atoms with van der Waals surface area (Å²) < 4.78 is 0. The van der Waals surface area contributed by atoms with E-state index in [9.17, 15) is 4.79 Å². The number of carbonyl (C=O) groups is 1. The number of anilines is 1. The van der Waals surface area contributed by atoms with Crippen LogP contribution < -0.4 is 4.90 Å². The van der Waals surface area contributed by atoms with Gasteiger partial charge in [-0.2, -0.15) is 0 Å². The minimum atomic E-state index is 0.00983. The summed E-state index contributed by atoms with van der Waals surface area (Å²) in [5.41, 5.74) is 0.805. The Labute approximate surface area is 118 Å². The van der Waals surface area contributed by atoms with Gasteiger partial charge in [-0.15, -0.1) is 6.58 Å². The van der Waals surface area contributed by atoms with E-state index in [4.69, 9.17) is 11.6 Å². The van der Waals surface area contributed by atoms with Crippen molar-refractivity contribution in [2.24, 2.45) is 0 Å². The lowest BCUT2D eigenvalue weighted by Gasteiger charge is -2.19. The Morgan fingerprint density at radius 3 is 2.89 bits per heavy atom. The molecule has 0 radical (unpaired) electrons. The highest BCUT2D eigenvalue weighted by molar-refractivity contribution is 8.14. The number of benzene rings is 1. The number of thioether (sulfide) groups is 1. The summed E-state index contributed by atoms with van der Waals surface area (Å²) in [7, 11) is 1.76. The Hall–Kier alpha value is -0.930. The van der Waals surface area contributed by atoms with E-state index < -0.39 is 0 Å². The smallest absolute Gasteiger partial charge is 0.286 e. The second kappa shape index (κ2) is 7.49. The third-order valence-electron chi connectivity index (χ3n) is 2.56. The molecule has 1 aromatic carbocycles. The second-order valence-electron chi connectivity index (χ2n) is 3.99. The first-order valence-corrected chi connectivity index (χ1v) is 7.16. The average molecular weight is 284 g/mol. The summed E-state index contributed by atoms with van der Waals surface area (Å²) in [5, 5.41) is 0.811. The minimum absolute atomic E-state index is 0.00983. The highest BCUT2D eigenvalue weighted by Crippen LogP contribution is 2.25. The number of amides is 1. The van der Waals surface area contributed by atoms with Crippen LogP contribution in [0, 0.1) is 0 Å². The molecule has 0 saturated carbocycles. The molecule has 0 aromatic heterocycles. The van der Waals surface area contributed by atoms with Crippen molar-refractivity contribution in [2.75, 3.05) is 11.9 Å². The van der Waals surface area contributed by atoms with Gasteiger partial charge in [-0.1, -0.05) is 48.8 Å². The van der Waals surface area contributed by atoms with Gasteiger partial charge in [0.1, 0.15) is 0 Å². The molecule has 1 rings (SSSR count). The summed E-state index contributed by atoms with van der Waals surface area (Å²) in [4.78, 5) is 13.7. The predicted molar refractivity (Wildman–Crippen MR) is 81.7 cm³/mol. The maximum absolute atomic E-state index is 12.1. The quantitative estimate of drug-likeness (QED) is 0.710. The molecule has 2 nitrogen and oxygen atoms in total. The molecule has 1 unspecified atom stereocenters. The first kappa shape index (κ1) is 15.1. The predicted octanol–water partition coefficient (Wildman–Crippen LogP) is 4.98. The maximum Gasteiger partial charge on any atom is 0.286 e. The van der Waals surface area contributed by atoms with Crippen molar-refractivity contribution in [3.63, 3.8) is 0 Å².